The predicted octanol–water partition coefficient (Wildman–Crippen LogP) is 1.06. The lowest BCUT2D eigenvalue weighted by Crippen LogP contribution is -2.46. The molecule has 0 aliphatic carbocycles. The lowest BCUT2D eigenvalue weighted by Gasteiger charge is -2.26. The topological polar surface area (TPSA) is 55.9 Å². The van der Waals surface area contributed by atoms with Crippen LogP contribution in [0.15, 0.2) is 24.3 Å². The molecule has 6 nitrogen and oxygen atoms in total. The summed E-state index contributed by atoms with van der Waals surface area (Å²) in [6, 6.07) is 7.79. The number of rotatable bonds is 2. The number of amides is 3. The average molecular weight is 316 g/mol. The molecule has 2 aliphatic heterocycles. The van der Waals surface area contributed by atoms with E-state index in [0.717, 1.165) is 26.1 Å². The molecule has 1 aromatic carbocycles. The molecule has 2 heterocycles. The number of carbonyl (C=O) groups is 2. The third kappa shape index (κ3) is 3.25. The minimum absolute atomic E-state index is 0.0364. The summed E-state index contributed by atoms with van der Waals surface area (Å²) < 4.78 is 0. The molecule has 0 spiro atoms. The zero-order chi connectivity index (χ0) is 16.4. The molecule has 0 saturated carbocycles. The van der Waals surface area contributed by atoms with Gasteiger partial charge < -0.3 is 20.0 Å². The van der Waals surface area contributed by atoms with E-state index in [1.54, 1.807) is 11.9 Å². The third-order valence-corrected chi connectivity index (χ3v) is 4.66. The SMILES string of the molecule is Cc1ccccc1N1CCCN(C(=O)[C@@H]2CN(C)C(=O)N2)CC1. The number of anilines is 1. The van der Waals surface area contributed by atoms with Crippen LogP contribution >= 0.6 is 0 Å². The Labute approximate surface area is 137 Å². The number of likely N-dealkylation sites (N-methyl/N-ethyl adjacent to an activating group) is 1. The molecule has 1 atom stereocenters. The van der Waals surface area contributed by atoms with Gasteiger partial charge in [-0.2, -0.15) is 0 Å². The van der Waals surface area contributed by atoms with Gasteiger partial charge in [0.1, 0.15) is 6.04 Å². The second-order valence-corrected chi connectivity index (χ2v) is 6.33. The molecule has 124 valence electrons. The van der Waals surface area contributed by atoms with Crippen molar-refractivity contribution in [3.8, 4) is 0 Å². The molecule has 6 heteroatoms. The zero-order valence-electron chi connectivity index (χ0n) is 13.8. The smallest absolute Gasteiger partial charge is 0.317 e. The number of benzene rings is 1. The van der Waals surface area contributed by atoms with Crippen molar-refractivity contribution in [2.45, 2.75) is 19.4 Å². The van der Waals surface area contributed by atoms with Gasteiger partial charge in [0.15, 0.2) is 0 Å². The van der Waals surface area contributed by atoms with Gasteiger partial charge in [0.25, 0.3) is 0 Å². The Bertz CT molecular complexity index is 604. The van der Waals surface area contributed by atoms with Crippen LogP contribution in [0.3, 0.4) is 0 Å². The number of nitrogens with one attached hydrogen (secondary N) is 1. The van der Waals surface area contributed by atoms with E-state index in [1.807, 2.05) is 11.0 Å². The molecule has 1 N–H and O–H groups in total. The molecule has 0 aromatic heterocycles. The number of urea groups is 1. The summed E-state index contributed by atoms with van der Waals surface area (Å²) in [4.78, 5) is 30.0. The molecule has 3 amide bonds. The average Bonchev–Trinajstić information content (AvgIpc) is 2.76. The Morgan fingerprint density at radius 1 is 1.17 bits per heavy atom. The van der Waals surface area contributed by atoms with Crippen LogP contribution in [0.25, 0.3) is 0 Å². The first-order valence-electron chi connectivity index (χ1n) is 8.17. The van der Waals surface area contributed by atoms with E-state index in [1.165, 1.54) is 11.3 Å². The van der Waals surface area contributed by atoms with E-state index in [2.05, 4.69) is 35.3 Å². The molecule has 2 saturated heterocycles. The van der Waals surface area contributed by atoms with Crippen LogP contribution in [0.5, 0.6) is 0 Å². The zero-order valence-corrected chi connectivity index (χ0v) is 13.8. The van der Waals surface area contributed by atoms with E-state index in [-0.39, 0.29) is 11.9 Å². The summed E-state index contributed by atoms with van der Waals surface area (Å²) in [5.74, 6) is 0.0364. The maximum absolute atomic E-state index is 12.6. The Kier molecular flexibility index (Phi) is 4.41. The van der Waals surface area contributed by atoms with Crippen molar-refractivity contribution in [2.75, 3.05) is 44.7 Å². The van der Waals surface area contributed by atoms with E-state index in [9.17, 15) is 9.59 Å². The predicted molar refractivity (Wildman–Crippen MR) is 89.5 cm³/mol. The fraction of sp³-hybridized carbons (Fsp3) is 0.529. The molecule has 3 rings (SSSR count). The number of para-hydroxylation sites is 1. The number of carbonyl (C=O) groups excluding carboxylic acids is 2. The monoisotopic (exact) mass is 316 g/mol. The third-order valence-electron chi connectivity index (χ3n) is 4.66. The van der Waals surface area contributed by atoms with E-state index >= 15 is 0 Å². The van der Waals surface area contributed by atoms with Gasteiger partial charge in [-0.15, -0.1) is 0 Å². The van der Waals surface area contributed by atoms with Crippen molar-refractivity contribution in [1.82, 2.24) is 15.1 Å². The fourth-order valence-electron chi connectivity index (χ4n) is 3.32. The molecule has 0 bridgehead atoms. The summed E-state index contributed by atoms with van der Waals surface area (Å²) in [7, 11) is 1.71. The standard InChI is InChI=1S/C17H24N4O2/c1-13-6-3-4-7-15(13)20-8-5-9-21(11-10-20)16(22)14-12-19(2)17(23)18-14/h3-4,6-7,14H,5,8-12H2,1-2H3,(H,18,23)/t14-/m0/s1. The molecule has 1 aromatic rings. The van der Waals surface area contributed by atoms with Crippen LogP contribution < -0.4 is 10.2 Å². The Hall–Kier alpha value is -2.24. The molecule has 2 aliphatic rings. The highest BCUT2D eigenvalue weighted by molar-refractivity contribution is 5.90. The van der Waals surface area contributed by atoms with Gasteiger partial charge in [-0.3, -0.25) is 4.79 Å². The molecule has 2 fully saturated rings. The van der Waals surface area contributed by atoms with Crippen molar-refractivity contribution >= 4 is 17.6 Å². The van der Waals surface area contributed by atoms with Gasteiger partial charge in [0, 0.05) is 38.9 Å². The number of hydrogen-bond donors (Lipinski definition) is 1. The summed E-state index contributed by atoms with van der Waals surface area (Å²) in [5.41, 5.74) is 2.51. The van der Waals surface area contributed by atoms with Crippen molar-refractivity contribution in [2.24, 2.45) is 0 Å². The number of hydrogen-bond acceptors (Lipinski definition) is 3. The summed E-state index contributed by atoms with van der Waals surface area (Å²) in [6.07, 6.45) is 0.941. The maximum atomic E-state index is 12.6. The summed E-state index contributed by atoms with van der Waals surface area (Å²) >= 11 is 0. The summed E-state index contributed by atoms with van der Waals surface area (Å²) in [5, 5.41) is 2.76. The molecule has 0 unspecified atom stereocenters. The molecule has 0 radical (unpaired) electrons. The van der Waals surface area contributed by atoms with Crippen LogP contribution in [0, 0.1) is 6.92 Å². The Morgan fingerprint density at radius 2 is 1.96 bits per heavy atom. The molecular formula is C17H24N4O2. The Balaban J connectivity index is 1.64. The number of nitrogens with zero attached hydrogens (tertiary/aromatic N) is 3. The quantitative estimate of drug-likeness (QED) is 0.887. The van der Waals surface area contributed by atoms with E-state index in [0.29, 0.717) is 13.1 Å². The van der Waals surface area contributed by atoms with Crippen LogP contribution in [-0.4, -0.2) is 67.6 Å². The van der Waals surface area contributed by atoms with Crippen LogP contribution in [0.4, 0.5) is 10.5 Å². The van der Waals surface area contributed by atoms with Gasteiger partial charge in [-0.1, -0.05) is 18.2 Å². The van der Waals surface area contributed by atoms with Crippen molar-refractivity contribution in [3.63, 3.8) is 0 Å². The lowest BCUT2D eigenvalue weighted by atomic mass is 10.2. The highest BCUT2D eigenvalue weighted by atomic mass is 16.2. The van der Waals surface area contributed by atoms with Gasteiger partial charge >= 0.3 is 6.03 Å². The van der Waals surface area contributed by atoms with Gasteiger partial charge in [0.2, 0.25) is 5.91 Å². The van der Waals surface area contributed by atoms with Gasteiger partial charge in [-0.05, 0) is 25.0 Å². The largest absolute Gasteiger partial charge is 0.369 e. The number of aryl methyl sites for hydroxylation is 1. The van der Waals surface area contributed by atoms with Crippen molar-refractivity contribution in [1.29, 1.82) is 0 Å². The second kappa shape index (κ2) is 6.48. The first-order valence-corrected chi connectivity index (χ1v) is 8.17. The minimum atomic E-state index is -0.405. The first-order chi connectivity index (χ1) is 11.1. The van der Waals surface area contributed by atoms with Gasteiger partial charge in [0.05, 0.1) is 6.54 Å². The minimum Gasteiger partial charge on any atom is -0.369 e. The lowest BCUT2D eigenvalue weighted by molar-refractivity contribution is -0.132. The molecule has 23 heavy (non-hydrogen) atoms. The summed E-state index contributed by atoms with van der Waals surface area (Å²) in [6.45, 7) is 5.79. The molecular weight excluding hydrogens is 292 g/mol. The van der Waals surface area contributed by atoms with Crippen LogP contribution in [0.2, 0.25) is 0 Å². The normalized spacial score (nSPS) is 22.1. The first kappa shape index (κ1) is 15.6. The highest BCUT2D eigenvalue weighted by Gasteiger charge is 2.34. The van der Waals surface area contributed by atoms with E-state index in [4.69, 9.17) is 0 Å². The van der Waals surface area contributed by atoms with Crippen LogP contribution in [0.1, 0.15) is 12.0 Å². The van der Waals surface area contributed by atoms with Gasteiger partial charge in [-0.25, -0.2) is 4.79 Å². The highest BCUT2D eigenvalue weighted by Crippen LogP contribution is 2.21. The van der Waals surface area contributed by atoms with Crippen molar-refractivity contribution in [3.05, 3.63) is 29.8 Å². The Morgan fingerprint density at radius 3 is 2.65 bits per heavy atom. The van der Waals surface area contributed by atoms with E-state index < -0.39 is 6.04 Å². The maximum Gasteiger partial charge on any atom is 0.317 e. The second-order valence-electron chi connectivity index (χ2n) is 6.33. The van der Waals surface area contributed by atoms with Crippen molar-refractivity contribution < 1.29 is 9.59 Å². The fourth-order valence-corrected chi connectivity index (χ4v) is 3.32. The van der Waals surface area contributed by atoms with Crippen LogP contribution in [-0.2, 0) is 4.79 Å².